The van der Waals surface area contributed by atoms with Crippen LogP contribution in [0.25, 0.3) is 0 Å². The number of anilines is 1. The Labute approximate surface area is 99.1 Å². The number of carbonyl (C=O) groups excluding carboxylic acids is 1. The van der Waals surface area contributed by atoms with Gasteiger partial charge in [0.1, 0.15) is 6.10 Å². The van der Waals surface area contributed by atoms with Gasteiger partial charge in [0, 0.05) is 18.4 Å². The number of carbonyl (C=O) groups is 1. The van der Waals surface area contributed by atoms with E-state index in [0.717, 1.165) is 0 Å². The Bertz CT molecular complexity index is 432. The fourth-order valence-electron chi connectivity index (χ4n) is 1.16. The Kier molecular flexibility index (Phi) is 4.47. The summed E-state index contributed by atoms with van der Waals surface area (Å²) in [6, 6.07) is 6.68. The van der Waals surface area contributed by atoms with Gasteiger partial charge in [-0.3, -0.25) is 4.79 Å². The van der Waals surface area contributed by atoms with E-state index in [2.05, 4.69) is 10.5 Å². The number of nitrogens with zero attached hydrogens (tertiary/aromatic N) is 1. The van der Waals surface area contributed by atoms with Crippen molar-refractivity contribution >= 4 is 17.4 Å². The second-order valence-electron chi connectivity index (χ2n) is 3.43. The van der Waals surface area contributed by atoms with Gasteiger partial charge in [-0.1, -0.05) is 17.3 Å². The Morgan fingerprint density at radius 2 is 2.29 bits per heavy atom. The number of hydrogen-bond donors (Lipinski definition) is 3. The number of amides is 1. The highest BCUT2D eigenvalue weighted by atomic mass is 16.5. The van der Waals surface area contributed by atoms with Crippen molar-refractivity contribution in [2.75, 3.05) is 12.4 Å². The van der Waals surface area contributed by atoms with Crippen molar-refractivity contribution in [3.63, 3.8) is 0 Å². The molecule has 0 bridgehead atoms. The van der Waals surface area contributed by atoms with Crippen molar-refractivity contribution in [3.05, 3.63) is 29.8 Å². The normalized spacial score (nSPS) is 13.2. The molecule has 0 saturated heterocycles. The number of benzene rings is 1. The van der Waals surface area contributed by atoms with Gasteiger partial charge in [0.2, 0.25) is 0 Å². The Morgan fingerprint density at radius 1 is 1.59 bits per heavy atom. The highest BCUT2D eigenvalue weighted by molar-refractivity contribution is 5.99. The lowest BCUT2D eigenvalue weighted by Crippen LogP contribution is -2.26. The molecule has 6 nitrogen and oxygen atoms in total. The minimum absolute atomic E-state index is 0.0131. The van der Waals surface area contributed by atoms with E-state index < -0.39 is 6.10 Å². The quantitative estimate of drug-likeness (QED) is 0.311. The van der Waals surface area contributed by atoms with Crippen LogP contribution in [-0.4, -0.2) is 30.2 Å². The standard InChI is InChI=1S/C11H15N3O3/c1-7(17-2)11(15)13-9-5-3-4-8(6-9)10(12)14-16/h3-7,16H,1-2H3,(H2,12,14)(H,13,15). The first-order chi connectivity index (χ1) is 8.08. The van der Waals surface area contributed by atoms with E-state index in [0.29, 0.717) is 11.3 Å². The summed E-state index contributed by atoms with van der Waals surface area (Å²) in [5.41, 5.74) is 6.52. The Hall–Kier alpha value is -2.08. The van der Waals surface area contributed by atoms with Crippen molar-refractivity contribution in [3.8, 4) is 0 Å². The number of ether oxygens (including phenoxy) is 1. The molecule has 1 unspecified atom stereocenters. The summed E-state index contributed by atoms with van der Waals surface area (Å²) >= 11 is 0. The summed E-state index contributed by atoms with van der Waals surface area (Å²) in [6.07, 6.45) is -0.539. The van der Waals surface area contributed by atoms with Crippen molar-refractivity contribution in [1.82, 2.24) is 0 Å². The largest absolute Gasteiger partial charge is 0.409 e. The van der Waals surface area contributed by atoms with Gasteiger partial charge in [-0.05, 0) is 19.1 Å². The van der Waals surface area contributed by atoms with Crippen LogP contribution in [0.1, 0.15) is 12.5 Å². The molecule has 1 atom stereocenters. The highest BCUT2D eigenvalue weighted by Crippen LogP contribution is 2.11. The van der Waals surface area contributed by atoms with Crippen molar-refractivity contribution in [1.29, 1.82) is 0 Å². The van der Waals surface area contributed by atoms with E-state index in [1.54, 1.807) is 31.2 Å². The molecule has 0 heterocycles. The van der Waals surface area contributed by atoms with Crippen LogP contribution >= 0.6 is 0 Å². The van der Waals surface area contributed by atoms with Gasteiger partial charge in [-0.15, -0.1) is 0 Å². The molecular weight excluding hydrogens is 222 g/mol. The van der Waals surface area contributed by atoms with Crippen LogP contribution in [0.2, 0.25) is 0 Å². The predicted octanol–water partition coefficient (Wildman–Crippen LogP) is 0.754. The third kappa shape index (κ3) is 3.46. The van der Waals surface area contributed by atoms with Gasteiger partial charge in [-0.2, -0.15) is 0 Å². The number of rotatable bonds is 4. The van der Waals surface area contributed by atoms with Crippen LogP contribution in [0.3, 0.4) is 0 Å². The fourth-order valence-corrected chi connectivity index (χ4v) is 1.16. The SMILES string of the molecule is COC(C)C(=O)Nc1cccc(/C(N)=N/O)c1. The summed E-state index contributed by atoms with van der Waals surface area (Å²) in [5.74, 6) is -0.273. The lowest BCUT2D eigenvalue weighted by molar-refractivity contribution is -0.124. The first-order valence-corrected chi connectivity index (χ1v) is 5.00. The molecule has 1 rings (SSSR count). The summed E-state index contributed by atoms with van der Waals surface area (Å²) in [6.45, 7) is 1.64. The van der Waals surface area contributed by atoms with Gasteiger partial charge in [0.25, 0.3) is 5.91 Å². The van der Waals surface area contributed by atoms with Crippen LogP contribution in [0, 0.1) is 0 Å². The van der Waals surface area contributed by atoms with Crippen LogP contribution in [0.5, 0.6) is 0 Å². The molecule has 6 heteroatoms. The molecule has 92 valence electrons. The molecule has 0 spiro atoms. The average Bonchev–Trinajstić information content (AvgIpc) is 2.37. The molecule has 0 fully saturated rings. The van der Waals surface area contributed by atoms with Gasteiger partial charge in [-0.25, -0.2) is 0 Å². The molecule has 1 aromatic rings. The summed E-state index contributed by atoms with van der Waals surface area (Å²) < 4.78 is 4.88. The van der Waals surface area contributed by atoms with E-state index in [9.17, 15) is 4.79 Å². The number of amidine groups is 1. The van der Waals surface area contributed by atoms with Crippen molar-refractivity contribution in [2.24, 2.45) is 10.9 Å². The molecule has 0 radical (unpaired) electrons. The maximum atomic E-state index is 11.5. The highest BCUT2D eigenvalue weighted by Gasteiger charge is 2.11. The predicted molar refractivity (Wildman–Crippen MR) is 64.1 cm³/mol. The van der Waals surface area contributed by atoms with Crippen molar-refractivity contribution in [2.45, 2.75) is 13.0 Å². The molecule has 17 heavy (non-hydrogen) atoms. The van der Waals surface area contributed by atoms with Gasteiger partial charge >= 0.3 is 0 Å². The average molecular weight is 237 g/mol. The first kappa shape index (κ1) is 13.0. The van der Waals surface area contributed by atoms with Gasteiger partial charge in [0.15, 0.2) is 5.84 Å². The Morgan fingerprint density at radius 3 is 2.88 bits per heavy atom. The fraction of sp³-hybridized carbons (Fsp3) is 0.273. The second kappa shape index (κ2) is 5.86. The van der Waals surface area contributed by atoms with Crippen molar-refractivity contribution < 1.29 is 14.7 Å². The monoisotopic (exact) mass is 237 g/mol. The zero-order chi connectivity index (χ0) is 12.8. The minimum atomic E-state index is -0.539. The topological polar surface area (TPSA) is 96.9 Å². The molecule has 0 aliphatic carbocycles. The number of nitrogens with one attached hydrogen (secondary N) is 1. The molecule has 4 N–H and O–H groups in total. The summed E-state index contributed by atoms with van der Waals surface area (Å²) in [5, 5.41) is 14.1. The lowest BCUT2D eigenvalue weighted by atomic mass is 10.2. The Balaban J connectivity index is 2.83. The molecule has 0 aromatic heterocycles. The third-order valence-corrected chi connectivity index (χ3v) is 2.26. The van der Waals surface area contributed by atoms with Crippen LogP contribution in [0.15, 0.2) is 29.4 Å². The zero-order valence-electron chi connectivity index (χ0n) is 9.68. The number of methoxy groups -OCH3 is 1. The maximum absolute atomic E-state index is 11.5. The third-order valence-electron chi connectivity index (χ3n) is 2.26. The van der Waals surface area contributed by atoms with E-state index in [-0.39, 0.29) is 11.7 Å². The molecule has 1 amide bonds. The van der Waals surface area contributed by atoms with E-state index in [1.807, 2.05) is 0 Å². The molecular formula is C11H15N3O3. The van der Waals surface area contributed by atoms with Gasteiger partial charge in [0.05, 0.1) is 0 Å². The lowest BCUT2D eigenvalue weighted by Gasteiger charge is -2.11. The van der Waals surface area contributed by atoms with Crippen LogP contribution in [-0.2, 0) is 9.53 Å². The molecule has 0 saturated carbocycles. The summed E-state index contributed by atoms with van der Waals surface area (Å²) in [4.78, 5) is 11.5. The second-order valence-corrected chi connectivity index (χ2v) is 3.43. The molecule has 0 aliphatic rings. The summed E-state index contributed by atoms with van der Waals surface area (Å²) in [7, 11) is 1.46. The number of oxime groups is 1. The smallest absolute Gasteiger partial charge is 0.253 e. The van der Waals surface area contributed by atoms with E-state index >= 15 is 0 Å². The van der Waals surface area contributed by atoms with E-state index in [4.69, 9.17) is 15.7 Å². The maximum Gasteiger partial charge on any atom is 0.253 e. The number of hydrogen-bond acceptors (Lipinski definition) is 4. The zero-order valence-corrected chi connectivity index (χ0v) is 9.68. The van der Waals surface area contributed by atoms with Crippen LogP contribution < -0.4 is 11.1 Å². The minimum Gasteiger partial charge on any atom is -0.409 e. The first-order valence-electron chi connectivity index (χ1n) is 5.00. The van der Waals surface area contributed by atoms with Crippen LogP contribution in [0.4, 0.5) is 5.69 Å². The van der Waals surface area contributed by atoms with Gasteiger partial charge < -0.3 is 21.0 Å². The molecule has 0 aliphatic heterocycles. The van der Waals surface area contributed by atoms with E-state index in [1.165, 1.54) is 7.11 Å². The number of nitrogens with two attached hydrogens (primary N) is 1. The molecule has 1 aromatic carbocycles.